The van der Waals surface area contributed by atoms with E-state index in [4.69, 9.17) is 18.8 Å². The number of aryl methyl sites for hydroxylation is 2. The Balaban J connectivity index is 1.22. The molecular formula is C43H30N4O2. The molecule has 0 saturated heterocycles. The van der Waals surface area contributed by atoms with Crippen molar-refractivity contribution < 1.29 is 8.83 Å². The Morgan fingerprint density at radius 2 is 0.857 bits per heavy atom. The van der Waals surface area contributed by atoms with Crippen LogP contribution in [0.15, 0.2) is 155 Å². The molecule has 4 aromatic carbocycles. The van der Waals surface area contributed by atoms with Crippen molar-refractivity contribution in [1.82, 2.24) is 19.9 Å². The first-order valence-corrected chi connectivity index (χ1v) is 16.3. The van der Waals surface area contributed by atoms with Gasteiger partial charge in [-0.3, -0.25) is 9.97 Å². The smallest absolute Gasteiger partial charge is 0.191 e. The van der Waals surface area contributed by atoms with Crippen molar-refractivity contribution in [2.24, 2.45) is 0 Å². The van der Waals surface area contributed by atoms with Crippen LogP contribution in [-0.2, 0) is 5.41 Å². The van der Waals surface area contributed by atoms with E-state index >= 15 is 0 Å². The van der Waals surface area contributed by atoms with E-state index in [9.17, 15) is 0 Å². The van der Waals surface area contributed by atoms with Gasteiger partial charge in [0.2, 0.25) is 0 Å². The second-order valence-corrected chi connectivity index (χ2v) is 12.4. The van der Waals surface area contributed by atoms with Gasteiger partial charge in [-0.25, -0.2) is 9.97 Å². The van der Waals surface area contributed by atoms with Crippen LogP contribution in [0.3, 0.4) is 0 Å². The van der Waals surface area contributed by atoms with Crippen molar-refractivity contribution in [3.63, 3.8) is 0 Å². The van der Waals surface area contributed by atoms with E-state index in [-0.39, 0.29) is 0 Å². The summed E-state index contributed by atoms with van der Waals surface area (Å²) in [5, 5.41) is 0. The molecule has 0 radical (unpaired) electrons. The van der Waals surface area contributed by atoms with Gasteiger partial charge >= 0.3 is 0 Å². The predicted octanol–water partition coefficient (Wildman–Crippen LogP) is 10.1. The van der Waals surface area contributed by atoms with E-state index in [0.29, 0.717) is 23.3 Å². The Bertz CT molecular complexity index is 2270. The maximum atomic E-state index is 5.74. The van der Waals surface area contributed by atoms with Crippen molar-refractivity contribution in [2.75, 3.05) is 0 Å². The normalized spacial score (nSPS) is 12.9. The van der Waals surface area contributed by atoms with Crippen LogP contribution in [0.2, 0.25) is 0 Å². The molecule has 0 saturated carbocycles. The summed E-state index contributed by atoms with van der Waals surface area (Å²) in [6, 6.07) is 43.3. The van der Waals surface area contributed by atoms with Crippen molar-refractivity contribution in [2.45, 2.75) is 19.3 Å². The van der Waals surface area contributed by atoms with Gasteiger partial charge in [-0.1, -0.05) is 84.9 Å². The lowest BCUT2D eigenvalue weighted by atomic mass is 9.67. The fourth-order valence-corrected chi connectivity index (χ4v) is 7.22. The van der Waals surface area contributed by atoms with Gasteiger partial charge in [0.05, 0.1) is 29.2 Å². The number of oxazole rings is 2. The van der Waals surface area contributed by atoms with Crippen LogP contribution >= 0.6 is 0 Å². The van der Waals surface area contributed by atoms with Gasteiger partial charge in [-0.05, 0) is 69.8 Å². The molecule has 8 aromatic rings. The summed E-state index contributed by atoms with van der Waals surface area (Å²) in [5.41, 5.74) is 12.3. The molecule has 4 aromatic heterocycles. The molecule has 6 nitrogen and oxygen atoms in total. The van der Waals surface area contributed by atoms with E-state index in [1.807, 2.05) is 38.4 Å². The second-order valence-electron chi connectivity index (χ2n) is 12.4. The number of aromatic nitrogens is 4. The maximum absolute atomic E-state index is 5.74. The molecule has 0 spiro atoms. The van der Waals surface area contributed by atoms with E-state index in [1.165, 1.54) is 33.4 Å². The van der Waals surface area contributed by atoms with Gasteiger partial charge in [0.25, 0.3) is 0 Å². The van der Waals surface area contributed by atoms with Crippen LogP contribution in [0, 0.1) is 13.8 Å². The average molecular weight is 635 g/mol. The fraction of sp³-hybridized carbons (Fsp3) is 0.0698. The van der Waals surface area contributed by atoms with E-state index in [1.54, 1.807) is 12.4 Å². The number of nitrogens with zero attached hydrogens (tertiary/aromatic N) is 4. The Morgan fingerprint density at radius 3 is 1.22 bits per heavy atom. The van der Waals surface area contributed by atoms with Gasteiger partial charge in [-0.15, -0.1) is 0 Å². The number of pyridine rings is 2. The van der Waals surface area contributed by atoms with Gasteiger partial charge in [0, 0.05) is 48.5 Å². The molecule has 0 N–H and O–H groups in total. The molecule has 0 aliphatic heterocycles. The Kier molecular flexibility index (Phi) is 6.69. The van der Waals surface area contributed by atoms with Crippen LogP contribution in [0.5, 0.6) is 0 Å². The van der Waals surface area contributed by atoms with Crippen LogP contribution in [0.1, 0.15) is 34.0 Å². The first-order valence-electron chi connectivity index (χ1n) is 16.3. The van der Waals surface area contributed by atoms with Gasteiger partial charge in [0.15, 0.2) is 23.3 Å². The predicted molar refractivity (Wildman–Crippen MR) is 191 cm³/mol. The van der Waals surface area contributed by atoms with Gasteiger partial charge < -0.3 is 8.83 Å². The minimum Gasteiger partial charge on any atom is -0.441 e. The fourth-order valence-electron chi connectivity index (χ4n) is 7.22. The van der Waals surface area contributed by atoms with Crippen LogP contribution < -0.4 is 0 Å². The number of rotatable bonds is 6. The first kappa shape index (κ1) is 28.8. The monoisotopic (exact) mass is 634 g/mol. The van der Waals surface area contributed by atoms with Crippen molar-refractivity contribution >= 4 is 0 Å². The molecule has 49 heavy (non-hydrogen) atoms. The molecule has 9 rings (SSSR count). The topological polar surface area (TPSA) is 77.8 Å². The van der Waals surface area contributed by atoms with E-state index < -0.39 is 5.41 Å². The quantitative estimate of drug-likeness (QED) is 0.181. The molecule has 6 heteroatoms. The third kappa shape index (κ3) is 4.72. The van der Waals surface area contributed by atoms with Crippen molar-refractivity contribution in [1.29, 1.82) is 0 Å². The first-order chi connectivity index (χ1) is 24.1. The zero-order chi connectivity index (χ0) is 33.0. The standard InChI is InChI=1S/C43H30N4O2/c1-27-44-25-41(48-27)31-15-19-39(46-23-31)29-13-17-35-36-18-14-30(40-20-16-32(24-47-40)42-26-45-28(2)49-42)22-38(36)43(37(35)21-29,33-9-5-3-6-10-33)34-11-7-4-8-12-34/h3-26H,1-2H3. The zero-order valence-electron chi connectivity index (χ0n) is 27.0. The van der Waals surface area contributed by atoms with E-state index in [0.717, 1.165) is 33.6 Å². The summed E-state index contributed by atoms with van der Waals surface area (Å²) in [5.74, 6) is 2.68. The number of hydrogen-bond acceptors (Lipinski definition) is 6. The molecule has 0 atom stereocenters. The number of benzene rings is 4. The lowest BCUT2D eigenvalue weighted by molar-refractivity contribution is 0.534. The molecule has 1 aliphatic rings. The third-order valence-electron chi connectivity index (χ3n) is 9.48. The third-order valence-corrected chi connectivity index (χ3v) is 9.48. The molecule has 0 fully saturated rings. The van der Waals surface area contributed by atoms with Crippen LogP contribution in [-0.4, -0.2) is 19.9 Å². The van der Waals surface area contributed by atoms with Crippen LogP contribution in [0.4, 0.5) is 0 Å². The molecule has 234 valence electrons. The highest BCUT2D eigenvalue weighted by Gasteiger charge is 2.46. The highest BCUT2D eigenvalue weighted by Crippen LogP contribution is 2.57. The molecular weight excluding hydrogens is 604 g/mol. The van der Waals surface area contributed by atoms with Crippen LogP contribution in [0.25, 0.3) is 56.3 Å². The highest BCUT2D eigenvalue weighted by atomic mass is 16.4. The minimum absolute atomic E-state index is 0.576. The SMILES string of the molecule is Cc1ncc(-c2ccc(-c3ccc4c(c3)C(c3ccccc3)(c3ccccc3)c3cc(-c5ccc(-c6cnc(C)o6)cn5)ccc3-4)nc2)o1. The highest BCUT2D eigenvalue weighted by molar-refractivity contribution is 5.89. The van der Waals surface area contributed by atoms with Gasteiger partial charge in [0.1, 0.15) is 0 Å². The van der Waals surface area contributed by atoms with Crippen molar-refractivity contribution in [3.8, 4) is 56.3 Å². The molecule has 1 aliphatic carbocycles. The maximum Gasteiger partial charge on any atom is 0.191 e. The Hall–Kier alpha value is -6.40. The average Bonchev–Trinajstić information content (AvgIpc) is 3.88. The largest absolute Gasteiger partial charge is 0.441 e. The minimum atomic E-state index is -0.576. The lowest BCUT2D eigenvalue weighted by Crippen LogP contribution is -2.28. The summed E-state index contributed by atoms with van der Waals surface area (Å²) < 4.78 is 11.5. The summed E-state index contributed by atoms with van der Waals surface area (Å²) in [6.45, 7) is 3.69. The summed E-state index contributed by atoms with van der Waals surface area (Å²) in [4.78, 5) is 18.2. The van der Waals surface area contributed by atoms with E-state index in [2.05, 4.69) is 119 Å². The molecule has 0 unspecified atom stereocenters. The number of fused-ring (bicyclic) bond motifs is 3. The molecule has 0 amide bonds. The summed E-state index contributed by atoms with van der Waals surface area (Å²) in [7, 11) is 0. The lowest BCUT2D eigenvalue weighted by Gasteiger charge is -2.34. The number of hydrogen-bond donors (Lipinski definition) is 0. The van der Waals surface area contributed by atoms with Gasteiger partial charge in [-0.2, -0.15) is 0 Å². The second kappa shape index (κ2) is 11.4. The Labute approximate surface area is 283 Å². The Morgan fingerprint density at radius 1 is 0.429 bits per heavy atom. The summed E-state index contributed by atoms with van der Waals surface area (Å²) in [6.07, 6.45) is 7.19. The zero-order valence-corrected chi connectivity index (χ0v) is 27.0. The summed E-state index contributed by atoms with van der Waals surface area (Å²) >= 11 is 0. The van der Waals surface area contributed by atoms with Crippen molar-refractivity contribution in [3.05, 3.63) is 180 Å². The molecule has 0 bridgehead atoms. The molecule has 4 heterocycles.